The second-order valence-corrected chi connectivity index (χ2v) is 5.49. The maximum Gasteiger partial charge on any atom is 0.417 e. The SMILES string of the molecule is CC(C)c1ccc(NCCc2ccc(C(F)(F)F)cn2)cc1. The molecule has 0 aliphatic carbocycles. The number of anilines is 1. The van der Waals surface area contributed by atoms with Gasteiger partial charge >= 0.3 is 6.18 Å². The molecular weight excluding hydrogens is 289 g/mol. The number of pyridine rings is 1. The van der Waals surface area contributed by atoms with Gasteiger partial charge in [-0.2, -0.15) is 13.2 Å². The molecule has 1 heterocycles. The predicted molar refractivity (Wildman–Crippen MR) is 82.0 cm³/mol. The molecule has 1 N–H and O–H groups in total. The highest BCUT2D eigenvalue weighted by Crippen LogP contribution is 2.28. The Kier molecular flexibility index (Phi) is 5.06. The smallest absolute Gasteiger partial charge is 0.385 e. The molecule has 2 rings (SSSR count). The van der Waals surface area contributed by atoms with Crippen LogP contribution >= 0.6 is 0 Å². The normalized spacial score (nSPS) is 11.7. The van der Waals surface area contributed by atoms with Crippen molar-refractivity contribution in [1.82, 2.24) is 4.98 Å². The van der Waals surface area contributed by atoms with Crippen LogP contribution in [0.1, 0.15) is 36.6 Å². The van der Waals surface area contributed by atoms with Gasteiger partial charge in [0.05, 0.1) is 5.56 Å². The first-order valence-electron chi connectivity index (χ1n) is 7.22. The number of rotatable bonds is 5. The molecule has 0 radical (unpaired) electrons. The molecule has 1 aromatic carbocycles. The van der Waals surface area contributed by atoms with Gasteiger partial charge in [-0.25, -0.2) is 0 Å². The van der Waals surface area contributed by atoms with Crippen LogP contribution in [0, 0.1) is 0 Å². The van der Waals surface area contributed by atoms with Crippen molar-refractivity contribution in [2.24, 2.45) is 0 Å². The first-order chi connectivity index (χ1) is 10.4. The number of nitrogens with zero attached hydrogens (tertiary/aromatic N) is 1. The second-order valence-electron chi connectivity index (χ2n) is 5.49. The Morgan fingerprint density at radius 2 is 1.73 bits per heavy atom. The van der Waals surface area contributed by atoms with Crippen LogP contribution in [-0.4, -0.2) is 11.5 Å². The van der Waals surface area contributed by atoms with Gasteiger partial charge in [0.2, 0.25) is 0 Å². The molecule has 0 aliphatic heterocycles. The average Bonchev–Trinajstić information content (AvgIpc) is 2.47. The van der Waals surface area contributed by atoms with E-state index in [0.29, 0.717) is 24.6 Å². The predicted octanol–water partition coefficient (Wildman–Crippen LogP) is 4.88. The van der Waals surface area contributed by atoms with Crippen LogP contribution in [0.25, 0.3) is 0 Å². The van der Waals surface area contributed by atoms with Crippen molar-refractivity contribution in [2.45, 2.75) is 32.4 Å². The third-order valence-electron chi connectivity index (χ3n) is 3.44. The summed E-state index contributed by atoms with van der Waals surface area (Å²) in [5, 5.41) is 3.24. The minimum Gasteiger partial charge on any atom is -0.385 e. The molecule has 0 bridgehead atoms. The minimum absolute atomic E-state index is 0.491. The monoisotopic (exact) mass is 308 g/mol. The van der Waals surface area contributed by atoms with Crippen molar-refractivity contribution in [2.75, 3.05) is 11.9 Å². The van der Waals surface area contributed by atoms with E-state index in [-0.39, 0.29) is 0 Å². The molecule has 0 aliphatic rings. The topological polar surface area (TPSA) is 24.9 Å². The fourth-order valence-electron chi connectivity index (χ4n) is 2.06. The quantitative estimate of drug-likeness (QED) is 0.851. The van der Waals surface area contributed by atoms with Crippen molar-refractivity contribution >= 4 is 5.69 Å². The van der Waals surface area contributed by atoms with E-state index in [1.807, 2.05) is 12.1 Å². The molecule has 118 valence electrons. The van der Waals surface area contributed by atoms with E-state index in [2.05, 4.69) is 36.3 Å². The molecule has 0 saturated heterocycles. The lowest BCUT2D eigenvalue weighted by atomic mass is 10.0. The van der Waals surface area contributed by atoms with Crippen LogP contribution in [-0.2, 0) is 12.6 Å². The van der Waals surface area contributed by atoms with Gasteiger partial charge < -0.3 is 5.32 Å². The fraction of sp³-hybridized carbons (Fsp3) is 0.353. The molecule has 0 unspecified atom stereocenters. The van der Waals surface area contributed by atoms with Gasteiger partial charge in [0.1, 0.15) is 0 Å². The summed E-state index contributed by atoms with van der Waals surface area (Å²) in [6.07, 6.45) is -2.88. The molecule has 0 saturated carbocycles. The van der Waals surface area contributed by atoms with E-state index < -0.39 is 11.7 Å². The largest absolute Gasteiger partial charge is 0.417 e. The molecule has 1 aromatic heterocycles. The number of alkyl halides is 3. The van der Waals surface area contributed by atoms with E-state index in [1.54, 1.807) is 0 Å². The van der Waals surface area contributed by atoms with Gasteiger partial charge in [-0.3, -0.25) is 4.98 Å². The van der Waals surface area contributed by atoms with Crippen LogP contribution < -0.4 is 5.32 Å². The standard InChI is InChI=1S/C17H19F3N2/c1-12(2)13-3-6-15(7-4-13)21-10-9-16-8-5-14(11-22-16)17(18,19)20/h3-8,11-12,21H,9-10H2,1-2H3. The molecule has 2 aromatic rings. The average molecular weight is 308 g/mol. The maximum absolute atomic E-state index is 12.4. The highest BCUT2D eigenvalue weighted by molar-refractivity contribution is 5.45. The summed E-state index contributed by atoms with van der Waals surface area (Å²) >= 11 is 0. The summed E-state index contributed by atoms with van der Waals surface area (Å²) in [6, 6.07) is 10.7. The van der Waals surface area contributed by atoms with Gasteiger partial charge in [-0.15, -0.1) is 0 Å². The van der Waals surface area contributed by atoms with Gasteiger partial charge in [0.25, 0.3) is 0 Å². The van der Waals surface area contributed by atoms with Crippen LogP contribution in [0.2, 0.25) is 0 Å². The number of benzene rings is 1. The van der Waals surface area contributed by atoms with Gasteiger partial charge in [-0.05, 0) is 35.7 Å². The van der Waals surface area contributed by atoms with Crippen molar-refractivity contribution in [3.63, 3.8) is 0 Å². The molecule has 0 spiro atoms. The van der Waals surface area contributed by atoms with Crippen molar-refractivity contribution in [3.05, 3.63) is 59.4 Å². The molecular formula is C17H19F3N2. The number of aromatic nitrogens is 1. The zero-order valence-electron chi connectivity index (χ0n) is 12.6. The maximum atomic E-state index is 12.4. The Morgan fingerprint density at radius 3 is 2.23 bits per heavy atom. The summed E-state index contributed by atoms with van der Waals surface area (Å²) in [5.41, 5.74) is 2.19. The summed E-state index contributed by atoms with van der Waals surface area (Å²) < 4.78 is 37.3. The number of halogens is 3. The lowest BCUT2D eigenvalue weighted by Crippen LogP contribution is -2.08. The first kappa shape index (κ1) is 16.3. The van der Waals surface area contributed by atoms with Crippen molar-refractivity contribution < 1.29 is 13.2 Å². The second kappa shape index (κ2) is 6.81. The van der Waals surface area contributed by atoms with Crippen LogP contribution in [0.15, 0.2) is 42.6 Å². The minimum atomic E-state index is -4.33. The molecule has 2 nitrogen and oxygen atoms in total. The number of hydrogen-bond acceptors (Lipinski definition) is 2. The zero-order valence-corrected chi connectivity index (χ0v) is 12.6. The fourth-order valence-corrected chi connectivity index (χ4v) is 2.06. The number of hydrogen-bond donors (Lipinski definition) is 1. The van der Waals surface area contributed by atoms with Crippen molar-refractivity contribution in [3.8, 4) is 0 Å². The molecule has 0 fully saturated rings. The molecule has 5 heteroatoms. The highest BCUT2D eigenvalue weighted by atomic mass is 19.4. The number of nitrogens with one attached hydrogen (secondary N) is 1. The van der Waals surface area contributed by atoms with Gasteiger partial charge in [-0.1, -0.05) is 26.0 Å². The van der Waals surface area contributed by atoms with Crippen LogP contribution in [0.5, 0.6) is 0 Å². The summed E-state index contributed by atoms with van der Waals surface area (Å²) in [6.45, 7) is 4.90. The third-order valence-corrected chi connectivity index (χ3v) is 3.44. The lowest BCUT2D eigenvalue weighted by Gasteiger charge is -2.10. The van der Waals surface area contributed by atoms with E-state index in [0.717, 1.165) is 18.0 Å². The zero-order chi connectivity index (χ0) is 16.2. The summed E-state index contributed by atoms with van der Waals surface area (Å²) in [5.74, 6) is 0.491. The first-order valence-corrected chi connectivity index (χ1v) is 7.22. The summed E-state index contributed by atoms with van der Waals surface area (Å²) in [7, 11) is 0. The Labute approximate surface area is 128 Å². The Morgan fingerprint density at radius 1 is 1.05 bits per heavy atom. The Balaban J connectivity index is 1.86. The Hall–Kier alpha value is -2.04. The Bertz CT molecular complexity index is 587. The van der Waals surface area contributed by atoms with E-state index in [9.17, 15) is 13.2 Å². The van der Waals surface area contributed by atoms with E-state index in [4.69, 9.17) is 0 Å². The van der Waals surface area contributed by atoms with E-state index >= 15 is 0 Å². The van der Waals surface area contributed by atoms with Gasteiger partial charge in [0.15, 0.2) is 0 Å². The van der Waals surface area contributed by atoms with Crippen molar-refractivity contribution in [1.29, 1.82) is 0 Å². The molecule has 0 amide bonds. The molecule has 22 heavy (non-hydrogen) atoms. The van der Waals surface area contributed by atoms with Crippen LogP contribution in [0.3, 0.4) is 0 Å². The molecule has 0 atom stereocenters. The summed E-state index contributed by atoms with van der Waals surface area (Å²) in [4.78, 5) is 3.85. The van der Waals surface area contributed by atoms with E-state index in [1.165, 1.54) is 11.6 Å². The van der Waals surface area contributed by atoms with Crippen LogP contribution in [0.4, 0.5) is 18.9 Å². The lowest BCUT2D eigenvalue weighted by molar-refractivity contribution is -0.137. The van der Waals surface area contributed by atoms with Gasteiger partial charge in [0, 0.05) is 30.5 Å². The highest BCUT2D eigenvalue weighted by Gasteiger charge is 2.30. The third kappa shape index (κ3) is 4.48.